The van der Waals surface area contributed by atoms with Crippen LogP contribution < -0.4 is 34.9 Å². The lowest BCUT2D eigenvalue weighted by Crippen LogP contribution is -2.36. The molecule has 3 aromatic heterocycles. The van der Waals surface area contributed by atoms with E-state index in [4.69, 9.17) is 53.5 Å². The third kappa shape index (κ3) is 15.3. The summed E-state index contributed by atoms with van der Waals surface area (Å²) in [6.07, 6.45) is 1.90. The van der Waals surface area contributed by atoms with Crippen LogP contribution in [-0.4, -0.2) is 123 Å². The van der Waals surface area contributed by atoms with Crippen molar-refractivity contribution in [3.8, 4) is 11.8 Å². The molecule has 2 atom stereocenters. The van der Waals surface area contributed by atoms with E-state index < -0.39 is 68.9 Å². The molecule has 0 spiro atoms. The Bertz CT molecular complexity index is 2610. The Morgan fingerprint density at radius 1 is 1.08 bits per heavy atom. The molecular formula is C32H40Cl2FN10O14PS3. The molecule has 1 aliphatic rings. The minimum absolute atomic E-state index is 0.0412. The molecule has 2 unspecified atom stereocenters. The molecular weight excluding hydrogens is 965 g/mol. The number of anilines is 1. The number of aryl methyl sites for hydroxylation is 1. The van der Waals surface area contributed by atoms with E-state index in [9.17, 15) is 41.3 Å². The van der Waals surface area contributed by atoms with Crippen molar-refractivity contribution in [2.45, 2.75) is 48.3 Å². The van der Waals surface area contributed by atoms with Gasteiger partial charge in [0, 0.05) is 37.9 Å². The molecule has 0 aliphatic carbocycles. The van der Waals surface area contributed by atoms with Gasteiger partial charge in [-0.1, -0.05) is 23.2 Å². The number of aliphatic carboxylic acids is 1. The Balaban J connectivity index is 0.000000273. The molecule has 346 valence electrons. The lowest BCUT2D eigenvalue weighted by molar-refractivity contribution is -0.139. The first-order valence-electron chi connectivity index (χ1n) is 17.5. The lowest BCUT2D eigenvalue weighted by atomic mass is 10.2. The molecule has 24 nitrogen and oxygen atoms in total. The molecule has 1 aromatic carbocycles. The number of nitrogens with one attached hydrogen (secondary N) is 2. The van der Waals surface area contributed by atoms with Crippen LogP contribution in [0.2, 0.25) is 10.2 Å². The summed E-state index contributed by atoms with van der Waals surface area (Å²) < 4.78 is 69.8. The predicted octanol–water partition coefficient (Wildman–Crippen LogP) is 2.57. The van der Waals surface area contributed by atoms with E-state index in [-0.39, 0.29) is 51.6 Å². The fourth-order valence-electron chi connectivity index (χ4n) is 4.86. The van der Waals surface area contributed by atoms with Gasteiger partial charge in [-0.25, -0.2) is 28.4 Å². The van der Waals surface area contributed by atoms with Crippen LogP contribution in [0, 0.1) is 5.82 Å². The predicted molar refractivity (Wildman–Crippen MR) is 226 cm³/mol. The van der Waals surface area contributed by atoms with Gasteiger partial charge in [0.25, 0.3) is 10.0 Å². The third-order valence-electron chi connectivity index (χ3n) is 7.82. The average Bonchev–Trinajstić information content (AvgIpc) is 3.70. The normalized spacial score (nSPS) is 13.7. The number of benzene rings is 1. The van der Waals surface area contributed by atoms with Gasteiger partial charge >= 0.3 is 28.8 Å². The standard InChI is InChI=1S/C15H15ClFN3O3S2.C12H13ClN6O7S.C5H12NO4P/c1-23-13(21)8-24-12-7-11(10(17)6-9(12)16)18-14-19-4-2-3-5-20(19)15(22)25-14;1-19-9(7(10(20)21)8(13)17-19)27(23,24)18-12(22)16-11-14-5(25-2)4-6(15-11)26-3;1-11(9,10)3-2-4(6)5(7)8/h6-7H,2-5,8H2,1H3;4H,1-3H3,(H,20,21)(H2,14,15,16,18,22);4H,2-3,6H2,1H3,(H,7,8)(H,9,10)/b18-14-;;. The minimum atomic E-state index is -4.64. The first-order valence-corrected chi connectivity index (χ1v) is 23.8. The fourth-order valence-corrected chi connectivity index (χ4v) is 9.18. The summed E-state index contributed by atoms with van der Waals surface area (Å²) in [7, 11) is -2.66. The number of nitrogens with two attached hydrogens (primary N) is 1. The maximum atomic E-state index is 14.3. The van der Waals surface area contributed by atoms with Gasteiger partial charge in [-0.2, -0.15) is 23.5 Å². The smallest absolute Gasteiger partial charge is 0.341 e. The highest BCUT2D eigenvalue weighted by atomic mass is 35.5. The average molecular weight is 1010 g/mol. The number of amides is 2. The van der Waals surface area contributed by atoms with Crippen molar-refractivity contribution in [1.29, 1.82) is 0 Å². The maximum absolute atomic E-state index is 14.3. The first kappa shape index (κ1) is 52.3. The largest absolute Gasteiger partial charge is 0.481 e. The summed E-state index contributed by atoms with van der Waals surface area (Å²) in [6.45, 7) is 2.51. The molecule has 63 heavy (non-hydrogen) atoms. The van der Waals surface area contributed by atoms with Gasteiger partial charge in [-0.3, -0.25) is 33.6 Å². The van der Waals surface area contributed by atoms with E-state index in [1.165, 1.54) is 40.1 Å². The highest BCUT2D eigenvalue weighted by molar-refractivity contribution is 8.00. The van der Waals surface area contributed by atoms with Gasteiger partial charge < -0.3 is 35.1 Å². The number of ether oxygens (including phenoxy) is 3. The second kappa shape index (κ2) is 23.0. The Morgan fingerprint density at radius 2 is 1.68 bits per heavy atom. The zero-order valence-electron chi connectivity index (χ0n) is 33.6. The van der Waals surface area contributed by atoms with Gasteiger partial charge in [0.15, 0.2) is 17.5 Å². The van der Waals surface area contributed by atoms with E-state index in [0.717, 1.165) is 49.1 Å². The van der Waals surface area contributed by atoms with Crippen LogP contribution in [0.4, 0.5) is 20.8 Å². The number of halogens is 3. The minimum Gasteiger partial charge on any atom is -0.481 e. The zero-order valence-corrected chi connectivity index (χ0v) is 38.5. The van der Waals surface area contributed by atoms with E-state index in [1.807, 2.05) is 0 Å². The van der Waals surface area contributed by atoms with Gasteiger partial charge in [0.05, 0.1) is 38.2 Å². The van der Waals surface area contributed by atoms with Crippen molar-refractivity contribution in [2.24, 2.45) is 17.8 Å². The summed E-state index contributed by atoms with van der Waals surface area (Å²) in [5.74, 6) is -3.92. The number of methoxy groups -OCH3 is 3. The number of aromatic nitrogens is 6. The topological polar surface area (TPSA) is 341 Å². The van der Waals surface area contributed by atoms with Crippen LogP contribution in [0.1, 0.15) is 29.6 Å². The van der Waals surface area contributed by atoms with Crippen LogP contribution in [0.25, 0.3) is 0 Å². The number of sulfonamides is 1. The number of hydrogen-bond acceptors (Lipinski definition) is 18. The van der Waals surface area contributed by atoms with Crippen molar-refractivity contribution in [2.75, 3.05) is 45.2 Å². The number of nitrogens with zero attached hydrogens (tertiary/aromatic N) is 7. The quantitative estimate of drug-likeness (QED) is 0.0600. The number of rotatable bonds is 14. The van der Waals surface area contributed by atoms with Crippen LogP contribution in [0.5, 0.6) is 11.8 Å². The van der Waals surface area contributed by atoms with E-state index in [1.54, 1.807) is 14.1 Å². The van der Waals surface area contributed by atoms with Crippen molar-refractivity contribution >= 4 is 99.3 Å². The van der Waals surface area contributed by atoms with Crippen LogP contribution in [0.3, 0.4) is 0 Å². The van der Waals surface area contributed by atoms with Crippen LogP contribution in [0.15, 0.2) is 37.9 Å². The van der Waals surface area contributed by atoms with Crippen molar-refractivity contribution in [1.82, 2.24) is 33.8 Å². The number of carbonyl (C=O) groups excluding carboxylic acids is 2. The van der Waals surface area contributed by atoms with Crippen molar-refractivity contribution < 1.29 is 65.9 Å². The Labute approximate surface area is 374 Å². The highest BCUT2D eigenvalue weighted by Gasteiger charge is 2.32. The van der Waals surface area contributed by atoms with E-state index in [0.29, 0.717) is 27.5 Å². The molecule has 1 aliphatic heterocycles. The molecule has 7 N–H and O–H groups in total. The summed E-state index contributed by atoms with van der Waals surface area (Å²) in [5.41, 5.74) is 4.40. The summed E-state index contributed by atoms with van der Waals surface area (Å²) in [5, 5.41) is 21.9. The Hall–Kier alpha value is -5.09. The monoisotopic (exact) mass is 1000 g/mol. The molecule has 31 heteroatoms. The van der Waals surface area contributed by atoms with Gasteiger partial charge in [-0.05, 0) is 42.7 Å². The Morgan fingerprint density at radius 3 is 2.22 bits per heavy atom. The lowest BCUT2D eigenvalue weighted by Gasteiger charge is -2.15. The number of esters is 1. The molecule has 0 radical (unpaired) electrons. The summed E-state index contributed by atoms with van der Waals surface area (Å²) in [6, 6.07) is 1.68. The number of carbonyl (C=O) groups is 4. The fraction of sp³-hybridized carbons (Fsp3) is 0.406. The van der Waals surface area contributed by atoms with Gasteiger partial charge in [0.1, 0.15) is 23.1 Å². The number of thioether (sulfide) groups is 1. The second-order valence-electron chi connectivity index (χ2n) is 12.6. The number of urea groups is 1. The third-order valence-corrected chi connectivity index (χ3v) is 12.9. The van der Waals surface area contributed by atoms with Gasteiger partial charge in [-0.15, -0.1) is 11.8 Å². The number of aromatic carboxylic acids is 1. The van der Waals surface area contributed by atoms with Gasteiger partial charge in [0.2, 0.25) is 22.5 Å². The van der Waals surface area contributed by atoms with Crippen LogP contribution >= 0.6 is 53.7 Å². The number of carboxylic acid groups (broad SMARTS) is 2. The molecule has 5 rings (SSSR count). The molecule has 4 heterocycles. The van der Waals surface area contributed by atoms with E-state index >= 15 is 0 Å². The first-order chi connectivity index (χ1) is 29.4. The number of carboxylic acids is 2. The SMILES string of the molecule is COC(=O)CSc1cc(/N=c2\sc(=O)n3n2CCCC3)c(F)cc1Cl.COc1cc(OC)nc(NC(=O)NS(=O)(=O)c2c(C(=O)O)c(Cl)nn2C)n1.CP(=O)(O)CCC(N)C(=O)O. The van der Waals surface area contributed by atoms with Crippen LogP contribution in [-0.2, 0) is 49.1 Å². The molecule has 0 bridgehead atoms. The molecule has 2 amide bonds. The molecule has 0 fully saturated rings. The van der Waals surface area contributed by atoms with Crippen molar-refractivity contribution in [3.63, 3.8) is 0 Å². The number of fused-ring (bicyclic) bond motifs is 1. The molecule has 4 aromatic rings. The van der Waals surface area contributed by atoms with E-state index in [2.05, 4.69) is 30.1 Å². The molecule has 0 saturated carbocycles. The highest BCUT2D eigenvalue weighted by Crippen LogP contribution is 2.36. The molecule has 0 saturated heterocycles. The zero-order chi connectivity index (χ0) is 47.4. The number of hydrogen-bond donors (Lipinski definition) is 6. The Kier molecular flexibility index (Phi) is 19.1. The second-order valence-corrected chi connectivity index (χ2v) is 19.4. The summed E-state index contributed by atoms with van der Waals surface area (Å²) in [4.78, 5) is 78.2. The summed E-state index contributed by atoms with van der Waals surface area (Å²) >= 11 is 13.8. The van der Waals surface area contributed by atoms with Crippen molar-refractivity contribution in [3.05, 3.63) is 54.2 Å². The maximum Gasteiger partial charge on any atom is 0.341 e.